The van der Waals surface area contributed by atoms with Crippen LogP contribution >= 0.6 is 0 Å². The van der Waals surface area contributed by atoms with Crippen molar-refractivity contribution in [3.8, 4) is 0 Å². The molecule has 0 amide bonds. The lowest BCUT2D eigenvalue weighted by Gasteiger charge is -2.14. The fraction of sp³-hybridized carbons (Fsp3) is 0.500. The van der Waals surface area contributed by atoms with Crippen molar-refractivity contribution in [1.82, 2.24) is 0 Å². The van der Waals surface area contributed by atoms with E-state index in [0.29, 0.717) is 18.4 Å². The molecule has 106 valence electrons. The molecule has 0 saturated carbocycles. The number of nitrogen functional groups attached to an aromatic ring is 2. The highest BCUT2D eigenvalue weighted by Gasteiger charge is 2.24. The molecule has 6 N–H and O–H groups in total. The zero-order chi connectivity index (χ0) is 14.6. The van der Waals surface area contributed by atoms with Crippen molar-refractivity contribution in [2.24, 2.45) is 0 Å². The first-order chi connectivity index (χ1) is 8.88. The molecule has 0 aliphatic heterocycles. The normalized spacial score (nSPS) is 12.4. The molecule has 19 heavy (non-hydrogen) atoms. The van der Waals surface area contributed by atoms with Crippen LogP contribution < -0.4 is 11.5 Å². The van der Waals surface area contributed by atoms with Crippen LogP contribution in [0.25, 0.3) is 0 Å². The summed E-state index contributed by atoms with van der Waals surface area (Å²) in [6, 6.07) is 1.58. The lowest BCUT2D eigenvalue weighted by Crippen LogP contribution is -2.12. The van der Waals surface area contributed by atoms with E-state index in [-0.39, 0.29) is 35.7 Å². The van der Waals surface area contributed by atoms with E-state index in [4.69, 9.17) is 16.6 Å². The van der Waals surface area contributed by atoms with E-state index >= 15 is 0 Å². The predicted molar refractivity (Wildman–Crippen MR) is 72.7 cm³/mol. The highest BCUT2D eigenvalue weighted by Crippen LogP contribution is 2.35. The van der Waals surface area contributed by atoms with Gasteiger partial charge in [-0.3, -0.25) is 10.1 Å². The van der Waals surface area contributed by atoms with Gasteiger partial charge in [-0.25, -0.2) is 0 Å². The average Bonchev–Trinajstić information content (AvgIpc) is 2.30. The Morgan fingerprint density at radius 2 is 2.11 bits per heavy atom. The molecule has 0 saturated heterocycles. The van der Waals surface area contributed by atoms with Crippen molar-refractivity contribution in [3.05, 3.63) is 27.3 Å². The van der Waals surface area contributed by atoms with Gasteiger partial charge in [0.25, 0.3) is 5.69 Å². The van der Waals surface area contributed by atoms with Crippen molar-refractivity contribution in [2.45, 2.75) is 32.3 Å². The number of aliphatic hydroxyl groups is 2. The van der Waals surface area contributed by atoms with Crippen molar-refractivity contribution in [3.63, 3.8) is 0 Å². The highest BCUT2D eigenvalue weighted by atomic mass is 16.6. The van der Waals surface area contributed by atoms with Crippen LogP contribution in [0, 0.1) is 10.1 Å². The molecule has 1 unspecified atom stereocenters. The van der Waals surface area contributed by atoms with Crippen LogP contribution in [0.2, 0.25) is 0 Å². The van der Waals surface area contributed by atoms with E-state index in [1.54, 1.807) is 6.07 Å². The third-order valence-electron chi connectivity index (χ3n) is 2.85. The number of nitrogens with zero attached hydrogens (tertiary/aromatic N) is 1. The SMILES string of the molecule is CC(O)Cc1c(N)cc(CCCO)c(N)c1[N+](=O)[O-]. The Kier molecular flexibility index (Phi) is 5.08. The maximum absolute atomic E-state index is 11.1. The standard InChI is InChI=1S/C12H19N3O4/c1-7(17)5-9-10(13)6-8(3-2-4-16)11(14)12(9)15(18)19/h6-7,16-17H,2-5,13-14H2,1H3. The molecule has 0 aliphatic carbocycles. The third-order valence-corrected chi connectivity index (χ3v) is 2.85. The lowest BCUT2D eigenvalue weighted by molar-refractivity contribution is -0.384. The summed E-state index contributed by atoms with van der Waals surface area (Å²) in [5.74, 6) is 0. The summed E-state index contributed by atoms with van der Waals surface area (Å²) in [5, 5.41) is 29.3. The van der Waals surface area contributed by atoms with Crippen molar-refractivity contribution < 1.29 is 15.1 Å². The molecule has 0 aliphatic rings. The summed E-state index contributed by atoms with van der Waals surface area (Å²) >= 11 is 0. The molecular weight excluding hydrogens is 250 g/mol. The maximum atomic E-state index is 11.1. The fourth-order valence-corrected chi connectivity index (χ4v) is 2.00. The second-order valence-electron chi connectivity index (χ2n) is 4.50. The number of nitro benzene ring substituents is 1. The van der Waals surface area contributed by atoms with Gasteiger partial charge in [0.15, 0.2) is 0 Å². The van der Waals surface area contributed by atoms with E-state index in [2.05, 4.69) is 0 Å². The summed E-state index contributed by atoms with van der Waals surface area (Å²) < 4.78 is 0. The summed E-state index contributed by atoms with van der Waals surface area (Å²) in [4.78, 5) is 10.6. The van der Waals surface area contributed by atoms with Crippen LogP contribution in [0.5, 0.6) is 0 Å². The number of nitro groups is 1. The van der Waals surface area contributed by atoms with E-state index in [0.717, 1.165) is 0 Å². The summed E-state index contributed by atoms with van der Waals surface area (Å²) in [7, 11) is 0. The second kappa shape index (κ2) is 6.35. The molecular formula is C12H19N3O4. The molecule has 0 heterocycles. The molecule has 1 aromatic rings. The largest absolute Gasteiger partial charge is 0.398 e. The number of aliphatic hydroxyl groups excluding tert-OH is 2. The van der Waals surface area contributed by atoms with Gasteiger partial charge in [-0.15, -0.1) is 0 Å². The number of anilines is 2. The van der Waals surface area contributed by atoms with E-state index in [9.17, 15) is 15.2 Å². The molecule has 1 rings (SSSR count). The minimum atomic E-state index is -0.747. The predicted octanol–water partition coefficient (Wildman–Crippen LogP) is 0.607. The number of hydrogen-bond donors (Lipinski definition) is 4. The van der Waals surface area contributed by atoms with Crippen molar-refractivity contribution >= 4 is 17.1 Å². The van der Waals surface area contributed by atoms with Gasteiger partial charge in [-0.05, 0) is 31.4 Å². The van der Waals surface area contributed by atoms with Gasteiger partial charge in [0, 0.05) is 18.7 Å². The van der Waals surface area contributed by atoms with Gasteiger partial charge in [0.05, 0.1) is 16.6 Å². The molecule has 7 heteroatoms. The van der Waals surface area contributed by atoms with E-state index in [1.165, 1.54) is 6.92 Å². The third kappa shape index (κ3) is 3.55. The molecule has 0 bridgehead atoms. The average molecular weight is 269 g/mol. The van der Waals surface area contributed by atoms with Crippen LogP contribution in [0.4, 0.5) is 17.1 Å². The number of rotatable bonds is 6. The number of benzene rings is 1. The molecule has 1 atom stereocenters. The Labute approximate surface area is 111 Å². The molecule has 0 spiro atoms. The Balaban J connectivity index is 3.33. The number of nitrogens with two attached hydrogens (primary N) is 2. The van der Waals surface area contributed by atoms with Gasteiger partial charge < -0.3 is 21.7 Å². The topological polar surface area (TPSA) is 136 Å². The number of aryl methyl sites for hydroxylation is 1. The molecule has 0 radical (unpaired) electrons. The summed E-state index contributed by atoms with van der Waals surface area (Å²) in [5.41, 5.74) is 12.5. The van der Waals surface area contributed by atoms with Gasteiger partial charge >= 0.3 is 0 Å². The van der Waals surface area contributed by atoms with Crippen LogP contribution in [0.3, 0.4) is 0 Å². The van der Waals surface area contributed by atoms with E-state index in [1.807, 2.05) is 0 Å². The first-order valence-corrected chi connectivity index (χ1v) is 6.01. The van der Waals surface area contributed by atoms with Crippen LogP contribution in [0.15, 0.2) is 6.07 Å². The Bertz CT molecular complexity index is 475. The van der Waals surface area contributed by atoms with Gasteiger partial charge in [-0.2, -0.15) is 0 Å². The van der Waals surface area contributed by atoms with Gasteiger partial charge in [0.1, 0.15) is 5.69 Å². The Morgan fingerprint density at radius 1 is 1.47 bits per heavy atom. The molecule has 7 nitrogen and oxygen atoms in total. The Hall–Kier alpha value is -1.86. The molecule has 0 fully saturated rings. The van der Waals surface area contributed by atoms with Crippen LogP contribution in [-0.4, -0.2) is 27.8 Å². The Morgan fingerprint density at radius 3 is 2.58 bits per heavy atom. The summed E-state index contributed by atoms with van der Waals surface area (Å²) in [6.45, 7) is 1.50. The highest BCUT2D eigenvalue weighted by molar-refractivity contribution is 5.74. The molecule has 1 aromatic carbocycles. The minimum Gasteiger partial charge on any atom is -0.398 e. The fourth-order valence-electron chi connectivity index (χ4n) is 2.00. The van der Waals surface area contributed by atoms with Crippen molar-refractivity contribution in [1.29, 1.82) is 0 Å². The monoisotopic (exact) mass is 269 g/mol. The van der Waals surface area contributed by atoms with Crippen LogP contribution in [-0.2, 0) is 12.8 Å². The quantitative estimate of drug-likeness (QED) is 0.339. The summed E-state index contributed by atoms with van der Waals surface area (Å²) in [6.07, 6.45) is 0.203. The van der Waals surface area contributed by atoms with Crippen molar-refractivity contribution in [2.75, 3.05) is 18.1 Å². The van der Waals surface area contributed by atoms with Gasteiger partial charge in [0.2, 0.25) is 0 Å². The molecule has 0 aromatic heterocycles. The zero-order valence-electron chi connectivity index (χ0n) is 10.8. The first kappa shape index (κ1) is 15.2. The number of hydrogen-bond acceptors (Lipinski definition) is 6. The van der Waals surface area contributed by atoms with E-state index < -0.39 is 11.0 Å². The first-order valence-electron chi connectivity index (χ1n) is 6.01. The van der Waals surface area contributed by atoms with Crippen LogP contribution in [0.1, 0.15) is 24.5 Å². The van der Waals surface area contributed by atoms with Gasteiger partial charge in [-0.1, -0.05) is 0 Å². The lowest BCUT2D eigenvalue weighted by atomic mass is 9.97. The zero-order valence-corrected chi connectivity index (χ0v) is 10.8. The second-order valence-corrected chi connectivity index (χ2v) is 4.50. The maximum Gasteiger partial charge on any atom is 0.297 e. The smallest absolute Gasteiger partial charge is 0.297 e. The minimum absolute atomic E-state index is 0.0252.